The number of rotatable bonds is 6. The van der Waals surface area contributed by atoms with E-state index >= 15 is 0 Å². The Kier molecular flexibility index (Phi) is 5.85. The molecular weight excluding hydrogens is 344 g/mol. The molecule has 27 heavy (non-hydrogen) atoms. The first-order chi connectivity index (χ1) is 13.0. The summed E-state index contributed by atoms with van der Waals surface area (Å²) in [6.07, 6.45) is 4.13. The van der Waals surface area contributed by atoms with Gasteiger partial charge in [0.05, 0.1) is 4.92 Å². The first kappa shape index (κ1) is 19.0. The zero-order valence-electron chi connectivity index (χ0n) is 16.1. The molecule has 0 spiro atoms. The summed E-state index contributed by atoms with van der Waals surface area (Å²) in [7, 11) is 3.98. The van der Waals surface area contributed by atoms with Crippen molar-refractivity contribution in [2.24, 2.45) is 0 Å². The summed E-state index contributed by atoms with van der Waals surface area (Å²) >= 11 is 0. The summed E-state index contributed by atoms with van der Waals surface area (Å²) in [6.45, 7) is 4.00. The first-order valence-corrected chi connectivity index (χ1v) is 9.27. The Balaban J connectivity index is 1.94. The minimum Gasteiger partial charge on any atom is -0.351 e. The summed E-state index contributed by atoms with van der Waals surface area (Å²) in [6, 6.07) is 7.99. The molecule has 1 saturated heterocycles. The van der Waals surface area contributed by atoms with Crippen molar-refractivity contribution in [1.82, 2.24) is 14.9 Å². The van der Waals surface area contributed by atoms with E-state index < -0.39 is 4.92 Å². The van der Waals surface area contributed by atoms with E-state index in [0.717, 1.165) is 43.6 Å². The quantitative estimate of drug-likeness (QED) is 0.617. The maximum atomic E-state index is 11.9. The molecule has 3 rings (SSSR count). The fourth-order valence-electron chi connectivity index (χ4n) is 3.52. The van der Waals surface area contributed by atoms with Crippen LogP contribution in [0, 0.1) is 10.1 Å². The van der Waals surface area contributed by atoms with E-state index in [0.29, 0.717) is 5.82 Å². The number of nitrogens with zero attached hydrogens (tertiary/aromatic N) is 5. The molecule has 0 amide bonds. The molecule has 8 heteroatoms. The van der Waals surface area contributed by atoms with Gasteiger partial charge in [-0.1, -0.05) is 25.1 Å². The number of para-hydroxylation sites is 1. The number of nitrogens with one attached hydrogen (secondary N) is 1. The molecule has 1 aromatic heterocycles. The van der Waals surface area contributed by atoms with Gasteiger partial charge in [0.2, 0.25) is 11.6 Å². The van der Waals surface area contributed by atoms with Gasteiger partial charge in [-0.05, 0) is 51.0 Å². The average molecular weight is 370 g/mol. The van der Waals surface area contributed by atoms with Crippen LogP contribution in [0.25, 0.3) is 0 Å². The van der Waals surface area contributed by atoms with Crippen LogP contribution in [0.1, 0.15) is 25.3 Å². The number of hydrogen-bond donors (Lipinski definition) is 1. The average Bonchev–Trinajstić information content (AvgIpc) is 2.68. The Morgan fingerprint density at radius 2 is 2.00 bits per heavy atom. The smallest absolute Gasteiger partial charge is 0.351 e. The number of piperidine rings is 1. The summed E-state index contributed by atoms with van der Waals surface area (Å²) in [5, 5.41) is 15.0. The lowest BCUT2D eigenvalue weighted by Gasteiger charge is -2.35. The Morgan fingerprint density at radius 1 is 1.30 bits per heavy atom. The molecule has 1 aliphatic heterocycles. The molecule has 0 bridgehead atoms. The van der Waals surface area contributed by atoms with E-state index in [1.54, 1.807) is 0 Å². The van der Waals surface area contributed by atoms with Crippen molar-refractivity contribution in [3.05, 3.63) is 46.3 Å². The molecule has 0 saturated carbocycles. The van der Waals surface area contributed by atoms with Gasteiger partial charge in [0.1, 0.15) is 6.33 Å². The molecule has 0 unspecified atom stereocenters. The molecule has 0 aliphatic carbocycles. The molecule has 8 nitrogen and oxygen atoms in total. The van der Waals surface area contributed by atoms with Crippen LogP contribution >= 0.6 is 0 Å². The zero-order valence-corrected chi connectivity index (χ0v) is 16.1. The predicted octanol–water partition coefficient (Wildman–Crippen LogP) is 3.22. The summed E-state index contributed by atoms with van der Waals surface area (Å²) in [5.74, 6) is 0.590. The van der Waals surface area contributed by atoms with Gasteiger partial charge in [0.25, 0.3) is 0 Å². The molecule has 1 aliphatic rings. The lowest BCUT2D eigenvalue weighted by molar-refractivity contribution is -0.383. The van der Waals surface area contributed by atoms with Crippen molar-refractivity contribution in [2.75, 3.05) is 37.4 Å². The van der Waals surface area contributed by atoms with Crippen molar-refractivity contribution in [2.45, 2.75) is 32.2 Å². The maximum Gasteiger partial charge on any atom is 0.353 e. The fraction of sp³-hybridized carbons (Fsp3) is 0.474. The normalized spacial score (nSPS) is 15.5. The van der Waals surface area contributed by atoms with Crippen LogP contribution in [0.5, 0.6) is 0 Å². The molecule has 144 valence electrons. The SMILES string of the molecule is CCc1ccccc1Nc1ncnc(N(C)C2CCN(C)CC2)c1[N+](=O)[O-]. The van der Waals surface area contributed by atoms with Crippen molar-refractivity contribution < 1.29 is 4.92 Å². The van der Waals surface area contributed by atoms with E-state index in [4.69, 9.17) is 0 Å². The van der Waals surface area contributed by atoms with Crippen molar-refractivity contribution in [1.29, 1.82) is 0 Å². The molecule has 1 N–H and O–H groups in total. The van der Waals surface area contributed by atoms with Crippen LogP contribution in [0.2, 0.25) is 0 Å². The third-order valence-electron chi connectivity index (χ3n) is 5.21. The number of nitro groups is 1. The molecule has 2 heterocycles. The topological polar surface area (TPSA) is 87.4 Å². The van der Waals surface area contributed by atoms with E-state index in [9.17, 15) is 10.1 Å². The lowest BCUT2D eigenvalue weighted by atomic mass is 10.0. The predicted molar refractivity (Wildman–Crippen MR) is 107 cm³/mol. The largest absolute Gasteiger partial charge is 0.353 e. The van der Waals surface area contributed by atoms with Crippen LogP contribution in [0.4, 0.5) is 23.0 Å². The molecular formula is C19H26N6O2. The number of anilines is 3. The standard InChI is InChI=1S/C19H26N6O2/c1-4-14-7-5-6-8-16(14)22-18-17(25(26)27)19(21-13-20-18)24(3)15-9-11-23(2)12-10-15/h5-8,13,15H,4,9-12H2,1-3H3,(H,20,21,22). The van der Waals surface area contributed by atoms with Gasteiger partial charge in [0, 0.05) is 18.8 Å². The van der Waals surface area contributed by atoms with Crippen LogP contribution in [0.3, 0.4) is 0 Å². The highest BCUT2D eigenvalue weighted by Gasteiger charge is 2.30. The minimum absolute atomic E-state index is 0.0789. The lowest BCUT2D eigenvalue weighted by Crippen LogP contribution is -2.42. The number of aryl methyl sites for hydroxylation is 1. The molecule has 0 radical (unpaired) electrons. The number of benzene rings is 1. The van der Waals surface area contributed by atoms with E-state index in [1.165, 1.54) is 6.33 Å². The van der Waals surface area contributed by atoms with Crippen LogP contribution in [0.15, 0.2) is 30.6 Å². The van der Waals surface area contributed by atoms with Crippen molar-refractivity contribution >= 4 is 23.0 Å². The monoisotopic (exact) mass is 370 g/mol. The molecule has 1 fully saturated rings. The highest BCUT2D eigenvalue weighted by Crippen LogP contribution is 2.35. The second-order valence-corrected chi connectivity index (χ2v) is 6.93. The number of aromatic nitrogens is 2. The van der Waals surface area contributed by atoms with E-state index in [1.807, 2.05) is 43.1 Å². The Labute approximate surface area is 159 Å². The van der Waals surface area contributed by atoms with Gasteiger partial charge in [-0.25, -0.2) is 9.97 Å². The van der Waals surface area contributed by atoms with Gasteiger partial charge >= 0.3 is 5.69 Å². The zero-order chi connectivity index (χ0) is 19.4. The van der Waals surface area contributed by atoms with Gasteiger partial charge in [0.15, 0.2) is 0 Å². The third-order valence-corrected chi connectivity index (χ3v) is 5.21. The maximum absolute atomic E-state index is 11.9. The summed E-state index contributed by atoms with van der Waals surface area (Å²) in [4.78, 5) is 24.1. The number of hydrogen-bond acceptors (Lipinski definition) is 7. The van der Waals surface area contributed by atoms with Gasteiger partial charge < -0.3 is 15.1 Å². The highest BCUT2D eigenvalue weighted by molar-refractivity contribution is 5.75. The molecule has 0 atom stereocenters. The fourth-order valence-corrected chi connectivity index (χ4v) is 3.52. The van der Waals surface area contributed by atoms with Gasteiger partial charge in [-0.3, -0.25) is 10.1 Å². The minimum atomic E-state index is -0.391. The first-order valence-electron chi connectivity index (χ1n) is 9.27. The van der Waals surface area contributed by atoms with Crippen molar-refractivity contribution in [3.8, 4) is 0 Å². The van der Waals surface area contributed by atoms with Gasteiger partial charge in [-0.2, -0.15) is 0 Å². The van der Waals surface area contributed by atoms with Crippen LogP contribution in [-0.2, 0) is 6.42 Å². The summed E-state index contributed by atoms with van der Waals surface area (Å²) in [5.41, 5.74) is 1.83. The second kappa shape index (κ2) is 8.30. The van der Waals surface area contributed by atoms with Crippen molar-refractivity contribution in [3.63, 3.8) is 0 Å². The third kappa shape index (κ3) is 4.16. The summed E-state index contributed by atoms with van der Waals surface area (Å²) < 4.78 is 0. The van der Waals surface area contributed by atoms with Crippen LogP contribution < -0.4 is 10.2 Å². The number of likely N-dealkylation sites (tertiary alicyclic amines) is 1. The Hall–Kier alpha value is -2.74. The van der Waals surface area contributed by atoms with E-state index in [2.05, 4.69) is 27.2 Å². The second-order valence-electron chi connectivity index (χ2n) is 6.93. The van der Waals surface area contributed by atoms with Crippen LogP contribution in [-0.4, -0.2) is 53.0 Å². The van der Waals surface area contributed by atoms with E-state index in [-0.39, 0.29) is 17.5 Å². The van der Waals surface area contributed by atoms with Gasteiger partial charge in [-0.15, -0.1) is 0 Å². The molecule has 2 aromatic rings. The highest BCUT2D eigenvalue weighted by atomic mass is 16.6. The Bertz CT molecular complexity index is 805. The molecule has 1 aromatic carbocycles. The Morgan fingerprint density at radius 3 is 2.67 bits per heavy atom.